The van der Waals surface area contributed by atoms with E-state index in [1.807, 2.05) is 0 Å². The van der Waals surface area contributed by atoms with Gasteiger partial charge >= 0.3 is 0 Å². The molecular weight excluding hydrogens is 434 g/mol. The van der Waals surface area contributed by atoms with Crippen LogP contribution in [0.5, 0.6) is 0 Å². The number of para-hydroxylation sites is 1. The van der Waals surface area contributed by atoms with Crippen molar-refractivity contribution in [2.75, 3.05) is 0 Å². The maximum absolute atomic E-state index is 3.65. The third-order valence-electron chi connectivity index (χ3n) is 7.76. The van der Waals surface area contributed by atoms with Crippen molar-refractivity contribution in [2.24, 2.45) is 0 Å². The topological polar surface area (TPSA) is 15.8 Å². The van der Waals surface area contributed by atoms with Gasteiger partial charge in [0.25, 0.3) is 0 Å². The predicted octanol–water partition coefficient (Wildman–Crippen LogP) is 9.67. The zero-order chi connectivity index (χ0) is 24.4. The average molecular weight is 464 g/mol. The van der Waals surface area contributed by atoms with Gasteiger partial charge in [0, 0.05) is 21.8 Å². The Labute approximate surface area is 211 Å². The van der Waals surface area contributed by atoms with Gasteiger partial charge in [0.05, 0.1) is 0 Å². The van der Waals surface area contributed by atoms with Gasteiger partial charge in [-0.15, -0.1) is 0 Å². The number of hydrogen-bond donors (Lipinski definition) is 1. The highest BCUT2D eigenvalue weighted by atomic mass is 14.7. The van der Waals surface area contributed by atoms with Crippen LogP contribution in [0.2, 0.25) is 0 Å². The Balaban J connectivity index is 1.52. The summed E-state index contributed by atoms with van der Waals surface area (Å²) in [5.74, 6) is 0. The monoisotopic (exact) mass is 463 g/mol. The van der Waals surface area contributed by atoms with E-state index in [1.54, 1.807) is 0 Å². The first kappa shape index (κ1) is 21.2. The molecule has 0 unspecified atom stereocenters. The number of H-pyrrole nitrogens is 1. The zero-order valence-corrected chi connectivity index (χ0v) is 21.0. The molecule has 0 atom stereocenters. The van der Waals surface area contributed by atoms with Crippen LogP contribution in [0.15, 0.2) is 103 Å². The van der Waals surface area contributed by atoms with Crippen molar-refractivity contribution in [1.29, 1.82) is 0 Å². The molecule has 0 aliphatic carbocycles. The van der Waals surface area contributed by atoms with Crippen molar-refractivity contribution in [3.8, 4) is 0 Å². The molecule has 7 rings (SSSR count). The second kappa shape index (κ2) is 7.70. The minimum absolute atomic E-state index is 0.164. The van der Waals surface area contributed by atoms with Gasteiger partial charge in [-0.1, -0.05) is 106 Å². The Hall–Kier alpha value is -4.10. The van der Waals surface area contributed by atoms with Gasteiger partial charge in [0.2, 0.25) is 0 Å². The molecule has 0 aliphatic heterocycles. The second-order valence-electron chi connectivity index (χ2n) is 11.2. The lowest BCUT2D eigenvalue weighted by Crippen LogP contribution is -2.10. The molecule has 36 heavy (non-hydrogen) atoms. The van der Waals surface area contributed by atoms with Crippen molar-refractivity contribution in [3.05, 3.63) is 120 Å². The molecule has 0 amide bonds. The molecule has 6 aromatic carbocycles. The standard InChI is InChI=1S/C35H29N/c1-35(2,3)26-15-12-22(13-16-26)18-24-19-25-20-31-29-10-6-7-11-32(29)36-33(31)21-30(25)34-27-9-5-4-8-23(27)14-17-28(24)34/h4-17,19-21,36H,18H2,1-3H3. The molecule has 1 aromatic heterocycles. The summed E-state index contributed by atoms with van der Waals surface area (Å²) in [5.41, 5.74) is 6.66. The van der Waals surface area contributed by atoms with Gasteiger partial charge in [0.15, 0.2) is 0 Å². The third kappa shape index (κ3) is 3.31. The van der Waals surface area contributed by atoms with Gasteiger partial charge in [0.1, 0.15) is 0 Å². The molecule has 1 heteroatoms. The Bertz CT molecular complexity index is 1930. The van der Waals surface area contributed by atoms with E-state index in [-0.39, 0.29) is 5.41 Å². The Morgan fingerprint density at radius 1 is 0.556 bits per heavy atom. The molecule has 1 N–H and O–H groups in total. The van der Waals surface area contributed by atoms with Crippen molar-refractivity contribution >= 4 is 54.1 Å². The molecule has 0 radical (unpaired) electrons. The molecule has 0 bridgehead atoms. The van der Waals surface area contributed by atoms with Crippen molar-refractivity contribution in [2.45, 2.75) is 32.6 Å². The third-order valence-corrected chi connectivity index (χ3v) is 7.76. The predicted molar refractivity (Wildman–Crippen MR) is 156 cm³/mol. The van der Waals surface area contributed by atoms with E-state index < -0.39 is 0 Å². The molecule has 0 aliphatic rings. The van der Waals surface area contributed by atoms with E-state index in [0.29, 0.717) is 0 Å². The smallest absolute Gasteiger partial charge is 0.0471 e. The quantitative estimate of drug-likeness (QED) is 0.246. The summed E-state index contributed by atoms with van der Waals surface area (Å²) in [4.78, 5) is 3.65. The molecular formula is C35H29N. The number of benzene rings is 6. The molecule has 0 saturated carbocycles. The van der Waals surface area contributed by atoms with E-state index in [2.05, 4.69) is 129 Å². The first-order valence-electron chi connectivity index (χ1n) is 12.8. The lowest BCUT2D eigenvalue weighted by Gasteiger charge is -2.19. The van der Waals surface area contributed by atoms with Crippen LogP contribution in [0, 0.1) is 0 Å². The molecule has 0 fully saturated rings. The average Bonchev–Trinajstić information content (AvgIpc) is 3.24. The highest BCUT2D eigenvalue weighted by Gasteiger charge is 2.15. The number of aromatic nitrogens is 1. The number of fused-ring (bicyclic) bond motifs is 8. The SMILES string of the molecule is CC(C)(C)c1ccc(Cc2cc3cc4c(cc3c3c2ccc2ccccc23)[nH]c2ccccc24)cc1. The minimum Gasteiger partial charge on any atom is -0.354 e. The first-order valence-corrected chi connectivity index (χ1v) is 12.8. The van der Waals surface area contributed by atoms with E-state index in [0.717, 1.165) is 6.42 Å². The Morgan fingerprint density at radius 2 is 1.31 bits per heavy atom. The van der Waals surface area contributed by atoms with Gasteiger partial charge < -0.3 is 4.98 Å². The fourth-order valence-corrected chi connectivity index (χ4v) is 5.83. The minimum atomic E-state index is 0.164. The van der Waals surface area contributed by atoms with Crippen LogP contribution in [-0.4, -0.2) is 4.98 Å². The van der Waals surface area contributed by atoms with Crippen molar-refractivity contribution < 1.29 is 0 Å². The number of nitrogens with one attached hydrogen (secondary N) is 1. The summed E-state index contributed by atoms with van der Waals surface area (Å²) in [6, 6.07) is 38.4. The fraction of sp³-hybridized carbons (Fsp3) is 0.143. The van der Waals surface area contributed by atoms with Crippen molar-refractivity contribution in [3.63, 3.8) is 0 Å². The number of aromatic amines is 1. The molecule has 0 spiro atoms. The zero-order valence-electron chi connectivity index (χ0n) is 21.0. The van der Waals surface area contributed by atoms with Crippen molar-refractivity contribution in [1.82, 2.24) is 4.98 Å². The Kier molecular flexibility index (Phi) is 4.53. The van der Waals surface area contributed by atoms with Gasteiger partial charge in [-0.3, -0.25) is 0 Å². The summed E-state index contributed by atoms with van der Waals surface area (Å²) in [6.07, 6.45) is 0.918. The van der Waals surface area contributed by atoms with E-state index in [9.17, 15) is 0 Å². The van der Waals surface area contributed by atoms with E-state index in [1.165, 1.54) is 70.8 Å². The fourth-order valence-electron chi connectivity index (χ4n) is 5.83. The van der Waals surface area contributed by atoms with Crippen LogP contribution in [-0.2, 0) is 11.8 Å². The summed E-state index contributed by atoms with van der Waals surface area (Å²) in [5, 5.41) is 10.5. The summed E-state index contributed by atoms with van der Waals surface area (Å²) < 4.78 is 0. The van der Waals surface area contributed by atoms with Crippen LogP contribution in [0.1, 0.15) is 37.5 Å². The molecule has 1 heterocycles. The normalized spacial score (nSPS) is 12.4. The van der Waals surface area contributed by atoms with Gasteiger partial charge in [-0.25, -0.2) is 0 Å². The molecule has 1 nitrogen and oxygen atoms in total. The Morgan fingerprint density at radius 3 is 2.11 bits per heavy atom. The van der Waals surface area contributed by atoms with Crippen LogP contribution in [0.3, 0.4) is 0 Å². The highest BCUT2D eigenvalue weighted by Crippen LogP contribution is 2.38. The molecule has 0 saturated heterocycles. The van der Waals surface area contributed by atoms with Crippen LogP contribution < -0.4 is 0 Å². The second-order valence-corrected chi connectivity index (χ2v) is 11.2. The van der Waals surface area contributed by atoms with Crippen LogP contribution >= 0.6 is 0 Å². The lowest BCUT2D eigenvalue weighted by atomic mass is 9.86. The largest absolute Gasteiger partial charge is 0.354 e. The lowest BCUT2D eigenvalue weighted by molar-refractivity contribution is 0.590. The van der Waals surface area contributed by atoms with Crippen LogP contribution in [0.25, 0.3) is 54.1 Å². The molecule has 7 aromatic rings. The molecule has 174 valence electrons. The summed E-state index contributed by atoms with van der Waals surface area (Å²) >= 11 is 0. The number of hydrogen-bond acceptors (Lipinski definition) is 0. The van der Waals surface area contributed by atoms with E-state index >= 15 is 0 Å². The highest BCUT2D eigenvalue weighted by molar-refractivity contribution is 6.24. The summed E-state index contributed by atoms with van der Waals surface area (Å²) in [7, 11) is 0. The van der Waals surface area contributed by atoms with Gasteiger partial charge in [-0.2, -0.15) is 0 Å². The maximum Gasteiger partial charge on any atom is 0.0471 e. The maximum atomic E-state index is 3.65. The summed E-state index contributed by atoms with van der Waals surface area (Å²) in [6.45, 7) is 6.82. The van der Waals surface area contributed by atoms with Gasteiger partial charge in [-0.05, 0) is 79.0 Å². The first-order chi connectivity index (χ1) is 17.5. The van der Waals surface area contributed by atoms with E-state index in [4.69, 9.17) is 0 Å². The van der Waals surface area contributed by atoms with Crippen LogP contribution in [0.4, 0.5) is 0 Å². The number of rotatable bonds is 2.